The minimum atomic E-state index is 0.0257. The molecule has 0 radical (unpaired) electrons. The van der Waals surface area contributed by atoms with Gasteiger partial charge < -0.3 is 15.1 Å². The Morgan fingerprint density at radius 2 is 1.62 bits per heavy atom. The van der Waals surface area contributed by atoms with Crippen LogP contribution in [0.5, 0.6) is 0 Å². The first kappa shape index (κ1) is 28.0. The van der Waals surface area contributed by atoms with Crippen LogP contribution in [0.25, 0.3) is 0 Å². The van der Waals surface area contributed by atoms with E-state index in [1.807, 2.05) is 6.92 Å². The van der Waals surface area contributed by atoms with Gasteiger partial charge in [-0.05, 0) is 51.5 Å². The predicted molar refractivity (Wildman–Crippen MR) is 147 cm³/mol. The molecule has 0 unspecified atom stereocenters. The first-order chi connectivity index (χ1) is 16.5. The van der Waals surface area contributed by atoms with E-state index < -0.39 is 0 Å². The van der Waals surface area contributed by atoms with Gasteiger partial charge in [-0.15, -0.1) is 11.8 Å². The summed E-state index contributed by atoms with van der Waals surface area (Å²) >= 11 is 1.65. The zero-order valence-corrected chi connectivity index (χ0v) is 22.6. The van der Waals surface area contributed by atoms with Gasteiger partial charge in [0.2, 0.25) is 5.91 Å². The molecule has 1 N–H and O–H groups in total. The van der Waals surface area contributed by atoms with E-state index in [9.17, 15) is 4.79 Å². The number of benzene rings is 1. The van der Waals surface area contributed by atoms with Crippen molar-refractivity contribution >= 4 is 34.9 Å². The number of thioether (sulfide) groups is 1. The molecule has 0 aliphatic carbocycles. The van der Waals surface area contributed by atoms with Gasteiger partial charge in [0.05, 0.1) is 0 Å². The summed E-state index contributed by atoms with van der Waals surface area (Å²) in [7, 11) is 0. The molecule has 188 valence electrons. The number of carbonyl (C=O) groups is 1. The zero-order chi connectivity index (χ0) is 24.8. The smallest absolute Gasteiger partial charge is 0.224 e. The van der Waals surface area contributed by atoms with Gasteiger partial charge in [0.1, 0.15) is 16.5 Å². The monoisotopic (exact) mass is 485 g/mol. The highest BCUT2D eigenvalue weighted by molar-refractivity contribution is 7.99. The minimum Gasteiger partial charge on any atom is -0.372 e. The van der Waals surface area contributed by atoms with Gasteiger partial charge in [-0.1, -0.05) is 51.3 Å². The Hall–Kier alpha value is -2.28. The van der Waals surface area contributed by atoms with E-state index in [0.29, 0.717) is 6.42 Å². The van der Waals surface area contributed by atoms with E-state index in [1.54, 1.807) is 11.8 Å². The highest BCUT2D eigenvalue weighted by atomic mass is 32.2. The first-order valence-corrected chi connectivity index (χ1v) is 13.9. The van der Waals surface area contributed by atoms with Crippen molar-refractivity contribution in [2.24, 2.45) is 0 Å². The van der Waals surface area contributed by atoms with Crippen molar-refractivity contribution in [3.05, 3.63) is 36.2 Å². The number of rotatable bonds is 16. The van der Waals surface area contributed by atoms with E-state index in [0.717, 1.165) is 60.7 Å². The summed E-state index contributed by atoms with van der Waals surface area (Å²) in [6.45, 7) is 14.0. The molecule has 2 rings (SSSR count). The van der Waals surface area contributed by atoms with Crippen LogP contribution in [0.1, 0.15) is 72.0 Å². The van der Waals surface area contributed by atoms with Gasteiger partial charge in [0.25, 0.3) is 0 Å². The fourth-order valence-corrected chi connectivity index (χ4v) is 4.76. The SMILES string of the molecule is CCCCCCN(CCCC(=O)Nc1c(SCC)nc(C)nc1N(CC)CC)c1ccccc1. The number of nitrogens with one attached hydrogen (secondary N) is 1. The van der Waals surface area contributed by atoms with Crippen molar-refractivity contribution in [3.63, 3.8) is 0 Å². The molecule has 0 aliphatic rings. The third kappa shape index (κ3) is 8.82. The fourth-order valence-electron chi connectivity index (χ4n) is 4.01. The lowest BCUT2D eigenvalue weighted by molar-refractivity contribution is -0.116. The molecular formula is C27H43N5OS. The maximum atomic E-state index is 13.0. The van der Waals surface area contributed by atoms with Crippen molar-refractivity contribution < 1.29 is 4.79 Å². The number of nitrogens with zero attached hydrogens (tertiary/aromatic N) is 4. The summed E-state index contributed by atoms with van der Waals surface area (Å²) in [5.74, 6) is 2.47. The number of carbonyl (C=O) groups excluding carboxylic acids is 1. The first-order valence-electron chi connectivity index (χ1n) is 12.9. The molecule has 0 fully saturated rings. The number of anilines is 3. The molecule has 7 heteroatoms. The number of hydrogen-bond acceptors (Lipinski definition) is 6. The van der Waals surface area contributed by atoms with Gasteiger partial charge in [0.15, 0.2) is 5.82 Å². The summed E-state index contributed by atoms with van der Waals surface area (Å²) in [5.41, 5.74) is 1.99. The van der Waals surface area contributed by atoms with E-state index in [2.05, 4.69) is 83.1 Å². The molecule has 34 heavy (non-hydrogen) atoms. The lowest BCUT2D eigenvalue weighted by Crippen LogP contribution is -2.28. The lowest BCUT2D eigenvalue weighted by Gasteiger charge is -2.26. The summed E-state index contributed by atoms with van der Waals surface area (Å²) in [6.07, 6.45) is 6.22. The Morgan fingerprint density at radius 3 is 2.26 bits per heavy atom. The molecule has 0 aliphatic heterocycles. The van der Waals surface area contributed by atoms with Crippen LogP contribution < -0.4 is 15.1 Å². The molecular weight excluding hydrogens is 442 g/mol. The van der Waals surface area contributed by atoms with Gasteiger partial charge in [0, 0.05) is 38.3 Å². The quantitative estimate of drug-likeness (QED) is 0.165. The topological polar surface area (TPSA) is 61.4 Å². The largest absolute Gasteiger partial charge is 0.372 e. The second kappa shape index (κ2) is 15.6. The summed E-state index contributed by atoms with van der Waals surface area (Å²) < 4.78 is 0. The van der Waals surface area contributed by atoms with Gasteiger partial charge in [-0.25, -0.2) is 9.97 Å². The van der Waals surface area contributed by atoms with Crippen LogP contribution in [0, 0.1) is 6.92 Å². The predicted octanol–water partition coefficient (Wildman–Crippen LogP) is 6.55. The van der Waals surface area contributed by atoms with Crippen LogP contribution in [-0.2, 0) is 4.79 Å². The lowest BCUT2D eigenvalue weighted by atomic mass is 10.1. The normalized spacial score (nSPS) is 10.9. The zero-order valence-electron chi connectivity index (χ0n) is 21.8. The fraction of sp³-hybridized carbons (Fsp3) is 0.593. The van der Waals surface area contributed by atoms with Crippen LogP contribution in [0.3, 0.4) is 0 Å². The van der Waals surface area contributed by atoms with Crippen molar-refractivity contribution in [1.82, 2.24) is 9.97 Å². The Morgan fingerprint density at radius 1 is 0.912 bits per heavy atom. The summed E-state index contributed by atoms with van der Waals surface area (Å²) in [4.78, 5) is 26.9. The third-order valence-electron chi connectivity index (χ3n) is 5.81. The van der Waals surface area contributed by atoms with Crippen LogP contribution in [0.4, 0.5) is 17.2 Å². The number of amides is 1. The number of hydrogen-bond donors (Lipinski definition) is 1. The Balaban J connectivity index is 2.06. The number of aryl methyl sites for hydroxylation is 1. The number of para-hydroxylation sites is 1. The molecule has 1 aromatic heterocycles. The average molecular weight is 486 g/mol. The van der Waals surface area contributed by atoms with Crippen LogP contribution in [0.15, 0.2) is 35.4 Å². The van der Waals surface area contributed by atoms with Gasteiger partial charge in [-0.2, -0.15) is 0 Å². The van der Waals surface area contributed by atoms with Crippen LogP contribution in [-0.4, -0.2) is 47.8 Å². The number of aromatic nitrogens is 2. The molecule has 0 saturated carbocycles. The van der Waals surface area contributed by atoms with E-state index in [1.165, 1.54) is 31.4 Å². The molecule has 1 aromatic carbocycles. The molecule has 0 saturated heterocycles. The van der Waals surface area contributed by atoms with E-state index in [4.69, 9.17) is 0 Å². The Bertz CT molecular complexity index is 858. The average Bonchev–Trinajstić information content (AvgIpc) is 2.84. The number of unbranched alkanes of at least 4 members (excludes halogenated alkanes) is 3. The standard InChI is InChI=1S/C27H43N5OS/c1-6-10-11-15-20-32(23-17-13-12-14-18-23)21-16-19-24(33)30-25-26(31(7-2)8-3)28-22(5)29-27(25)34-9-4/h12-14,17-18H,6-11,15-16,19-21H2,1-5H3,(H,30,33). The molecule has 0 bridgehead atoms. The molecule has 6 nitrogen and oxygen atoms in total. The highest BCUT2D eigenvalue weighted by Gasteiger charge is 2.19. The second-order valence-electron chi connectivity index (χ2n) is 8.41. The van der Waals surface area contributed by atoms with Crippen molar-refractivity contribution in [2.45, 2.75) is 78.2 Å². The van der Waals surface area contributed by atoms with E-state index in [-0.39, 0.29) is 5.91 Å². The van der Waals surface area contributed by atoms with Crippen molar-refractivity contribution in [3.8, 4) is 0 Å². The van der Waals surface area contributed by atoms with Crippen LogP contribution in [0.2, 0.25) is 0 Å². The van der Waals surface area contributed by atoms with Crippen molar-refractivity contribution in [2.75, 3.05) is 47.0 Å². The molecule has 1 heterocycles. The second-order valence-corrected chi connectivity index (χ2v) is 9.67. The highest BCUT2D eigenvalue weighted by Crippen LogP contribution is 2.33. The van der Waals surface area contributed by atoms with Gasteiger partial charge >= 0.3 is 0 Å². The maximum Gasteiger partial charge on any atom is 0.224 e. The minimum absolute atomic E-state index is 0.0257. The summed E-state index contributed by atoms with van der Waals surface area (Å²) in [5, 5.41) is 4.02. The Kier molecular flexibility index (Phi) is 12.8. The van der Waals surface area contributed by atoms with E-state index >= 15 is 0 Å². The molecule has 0 atom stereocenters. The molecule has 0 spiro atoms. The maximum absolute atomic E-state index is 13.0. The molecule has 1 amide bonds. The summed E-state index contributed by atoms with van der Waals surface area (Å²) in [6, 6.07) is 10.5. The third-order valence-corrected chi connectivity index (χ3v) is 6.67. The molecule has 2 aromatic rings. The van der Waals surface area contributed by atoms with Crippen molar-refractivity contribution in [1.29, 1.82) is 0 Å². The van der Waals surface area contributed by atoms with Crippen LogP contribution >= 0.6 is 11.8 Å². The van der Waals surface area contributed by atoms with Gasteiger partial charge in [-0.3, -0.25) is 4.79 Å². The Labute approximate surface area is 210 Å².